The lowest BCUT2D eigenvalue weighted by Crippen LogP contribution is -2.52. The topological polar surface area (TPSA) is 123 Å². The standard InChI is InChI=1S/C33H26FN3O7/c34-25-8-4-5-9-27(25)43-24-14-12-22(13-15-24)35-33(41)42-19-21-11-10-20-18-37(26-16-17-28(38)36-31(26)39)32(40)29(20)30(21)44-23-6-2-1-3-7-23/h1-15,26H,16-19H2,(H,35,41)(H,36,38,39). The summed E-state index contributed by atoms with van der Waals surface area (Å²) in [6, 6.07) is 23.9. The molecule has 6 rings (SSSR count). The average Bonchev–Trinajstić information content (AvgIpc) is 3.35. The van der Waals surface area contributed by atoms with Crippen LogP contribution in [0.2, 0.25) is 0 Å². The zero-order valence-electron chi connectivity index (χ0n) is 23.2. The third-order valence-corrected chi connectivity index (χ3v) is 7.21. The van der Waals surface area contributed by atoms with Gasteiger partial charge >= 0.3 is 6.09 Å². The van der Waals surface area contributed by atoms with Crippen molar-refractivity contribution in [3.8, 4) is 23.0 Å². The molecule has 2 heterocycles. The summed E-state index contributed by atoms with van der Waals surface area (Å²) in [5, 5.41) is 4.92. The number of halogens is 1. The molecule has 0 saturated carbocycles. The minimum atomic E-state index is -0.786. The molecule has 0 radical (unpaired) electrons. The second kappa shape index (κ2) is 12.3. The number of anilines is 1. The number of hydrogen-bond acceptors (Lipinski definition) is 7. The first-order chi connectivity index (χ1) is 21.4. The summed E-state index contributed by atoms with van der Waals surface area (Å²) < 4.78 is 31.1. The Morgan fingerprint density at radius 2 is 1.61 bits per heavy atom. The van der Waals surface area contributed by atoms with Gasteiger partial charge in [0, 0.05) is 24.2 Å². The van der Waals surface area contributed by atoms with Gasteiger partial charge in [0.2, 0.25) is 11.8 Å². The number of amides is 4. The fourth-order valence-electron chi connectivity index (χ4n) is 5.06. The monoisotopic (exact) mass is 595 g/mol. The van der Waals surface area contributed by atoms with Gasteiger partial charge in [-0.25, -0.2) is 9.18 Å². The van der Waals surface area contributed by atoms with Crippen molar-refractivity contribution in [3.05, 3.63) is 114 Å². The summed E-state index contributed by atoms with van der Waals surface area (Å²) in [6.07, 6.45) is -0.388. The molecule has 0 spiro atoms. The fourth-order valence-corrected chi connectivity index (χ4v) is 5.06. The number of nitrogens with zero attached hydrogens (tertiary/aromatic N) is 1. The minimum absolute atomic E-state index is 0.0780. The van der Waals surface area contributed by atoms with E-state index in [-0.39, 0.29) is 49.0 Å². The molecule has 0 bridgehead atoms. The maximum atomic E-state index is 13.9. The highest BCUT2D eigenvalue weighted by atomic mass is 19.1. The Bertz CT molecular complexity index is 1740. The summed E-state index contributed by atoms with van der Waals surface area (Å²) in [5.74, 6) is -0.643. The number of nitrogens with one attached hydrogen (secondary N) is 2. The van der Waals surface area contributed by atoms with Crippen LogP contribution in [0.3, 0.4) is 0 Å². The van der Waals surface area contributed by atoms with E-state index in [1.165, 1.54) is 17.0 Å². The Morgan fingerprint density at radius 1 is 0.886 bits per heavy atom. The normalized spacial score (nSPS) is 15.8. The van der Waals surface area contributed by atoms with Gasteiger partial charge in [0.25, 0.3) is 5.91 Å². The Hall–Kier alpha value is -5.71. The van der Waals surface area contributed by atoms with Crippen LogP contribution in [0.5, 0.6) is 23.0 Å². The van der Waals surface area contributed by atoms with Gasteiger partial charge in [-0.3, -0.25) is 25.0 Å². The van der Waals surface area contributed by atoms with Crippen molar-refractivity contribution in [2.24, 2.45) is 0 Å². The van der Waals surface area contributed by atoms with Crippen molar-refractivity contribution in [3.63, 3.8) is 0 Å². The first kappa shape index (κ1) is 28.4. The highest BCUT2D eigenvalue weighted by Crippen LogP contribution is 2.39. The Balaban J connectivity index is 1.17. The summed E-state index contributed by atoms with van der Waals surface area (Å²) in [6.45, 7) is -0.0503. The van der Waals surface area contributed by atoms with Crippen LogP contribution in [0, 0.1) is 5.82 Å². The Morgan fingerprint density at radius 3 is 2.36 bits per heavy atom. The molecule has 1 atom stereocenters. The molecule has 10 nitrogen and oxygen atoms in total. The lowest BCUT2D eigenvalue weighted by molar-refractivity contribution is -0.136. The second-order valence-corrected chi connectivity index (χ2v) is 10.2. The molecule has 2 N–H and O–H groups in total. The van der Waals surface area contributed by atoms with Gasteiger partial charge in [-0.15, -0.1) is 0 Å². The molecule has 0 aliphatic carbocycles. The van der Waals surface area contributed by atoms with Crippen molar-refractivity contribution in [1.29, 1.82) is 0 Å². The molecule has 4 aromatic rings. The highest BCUT2D eigenvalue weighted by Gasteiger charge is 2.41. The summed E-state index contributed by atoms with van der Waals surface area (Å²) >= 11 is 0. The van der Waals surface area contributed by atoms with Crippen LogP contribution >= 0.6 is 0 Å². The van der Waals surface area contributed by atoms with Crippen LogP contribution in [0.1, 0.15) is 34.3 Å². The summed E-state index contributed by atoms with van der Waals surface area (Å²) in [5.41, 5.74) is 1.78. The molecule has 222 valence electrons. The van der Waals surface area contributed by atoms with Crippen LogP contribution in [0.25, 0.3) is 0 Å². The number of hydrogen-bond donors (Lipinski definition) is 2. The number of para-hydroxylation sites is 2. The molecule has 0 aromatic heterocycles. The quantitative estimate of drug-likeness (QED) is 0.243. The van der Waals surface area contributed by atoms with Gasteiger partial charge in [-0.1, -0.05) is 42.5 Å². The molecule has 11 heteroatoms. The number of imide groups is 1. The van der Waals surface area contributed by atoms with Gasteiger partial charge in [0.05, 0.1) is 5.56 Å². The van der Waals surface area contributed by atoms with Gasteiger partial charge in [-0.05, 0) is 60.5 Å². The molecule has 1 saturated heterocycles. The number of benzene rings is 4. The number of piperidine rings is 1. The predicted octanol–water partition coefficient (Wildman–Crippen LogP) is 5.92. The van der Waals surface area contributed by atoms with Gasteiger partial charge in [-0.2, -0.15) is 0 Å². The van der Waals surface area contributed by atoms with Gasteiger partial charge < -0.3 is 19.1 Å². The molecule has 4 aromatic carbocycles. The van der Waals surface area contributed by atoms with Crippen LogP contribution < -0.4 is 20.1 Å². The average molecular weight is 596 g/mol. The maximum Gasteiger partial charge on any atom is 0.411 e. The lowest BCUT2D eigenvalue weighted by Gasteiger charge is -2.29. The van der Waals surface area contributed by atoms with Crippen molar-refractivity contribution in [2.75, 3.05) is 5.32 Å². The third-order valence-electron chi connectivity index (χ3n) is 7.21. The van der Waals surface area contributed by atoms with Crippen molar-refractivity contribution in [1.82, 2.24) is 10.2 Å². The molecular weight excluding hydrogens is 569 g/mol. The third kappa shape index (κ3) is 6.07. The number of rotatable bonds is 8. The SMILES string of the molecule is O=C1CCC(N2Cc3ccc(COC(=O)Nc4ccc(Oc5ccccc5F)cc4)c(Oc4ccccc4)c3C2=O)C(=O)N1. The van der Waals surface area contributed by atoms with Gasteiger partial charge in [0.1, 0.15) is 29.9 Å². The Kier molecular flexibility index (Phi) is 7.92. The zero-order valence-corrected chi connectivity index (χ0v) is 23.2. The molecule has 1 fully saturated rings. The number of ether oxygens (including phenoxy) is 3. The fraction of sp³-hybridized carbons (Fsp3) is 0.152. The van der Waals surface area contributed by atoms with Crippen LogP contribution in [-0.2, 0) is 27.5 Å². The minimum Gasteiger partial charge on any atom is -0.456 e. The summed E-state index contributed by atoms with van der Waals surface area (Å²) in [4.78, 5) is 52.0. The first-order valence-corrected chi connectivity index (χ1v) is 13.8. The van der Waals surface area contributed by atoms with E-state index in [9.17, 15) is 23.6 Å². The van der Waals surface area contributed by atoms with Crippen LogP contribution in [0.4, 0.5) is 14.9 Å². The zero-order chi connectivity index (χ0) is 30.6. The van der Waals surface area contributed by atoms with Crippen molar-refractivity contribution in [2.45, 2.75) is 32.0 Å². The first-order valence-electron chi connectivity index (χ1n) is 13.8. The summed E-state index contributed by atoms with van der Waals surface area (Å²) in [7, 11) is 0. The van der Waals surface area contributed by atoms with E-state index in [0.717, 1.165) is 0 Å². The van der Waals surface area contributed by atoms with E-state index >= 15 is 0 Å². The molecular formula is C33H26FN3O7. The largest absolute Gasteiger partial charge is 0.456 e. The smallest absolute Gasteiger partial charge is 0.411 e. The molecule has 2 aliphatic rings. The number of fused-ring (bicyclic) bond motifs is 1. The predicted molar refractivity (Wildman–Crippen MR) is 156 cm³/mol. The van der Waals surface area contributed by atoms with E-state index in [2.05, 4.69) is 10.6 Å². The van der Waals surface area contributed by atoms with Crippen molar-refractivity contribution >= 4 is 29.5 Å². The number of carbonyl (C=O) groups excluding carboxylic acids is 4. The number of carbonyl (C=O) groups is 4. The molecule has 44 heavy (non-hydrogen) atoms. The van der Waals surface area contributed by atoms with E-state index in [1.54, 1.807) is 72.8 Å². The van der Waals surface area contributed by atoms with E-state index in [1.807, 2.05) is 6.07 Å². The van der Waals surface area contributed by atoms with Gasteiger partial charge in [0.15, 0.2) is 11.6 Å². The van der Waals surface area contributed by atoms with Crippen LogP contribution in [0.15, 0.2) is 91.0 Å². The Labute approximate surface area is 251 Å². The van der Waals surface area contributed by atoms with E-state index in [0.29, 0.717) is 28.3 Å². The van der Waals surface area contributed by atoms with Crippen LogP contribution in [-0.4, -0.2) is 34.8 Å². The van der Waals surface area contributed by atoms with E-state index in [4.69, 9.17) is 14.2 Å². The highest BCUT2D eigenvalue weighted by molar-refractivity contribution is 6.06. The van der Waals surface area contributed by atoms with E-state index < -0.39 is 29.8 Å². The molecule has 2 aliphatic heterocycles. The molecule has 4 amide bonds. The van der Waals surface area contributed by atoms with Crippen molar-refractivity contribution < 1.29 is 37.8 Å². The lowest BCUT2D eigenvalue weighted by atomic mass is 10.0. The molecule has 1 unspecified atom stereocenters. The second-order valence-electron chi connectivity index (χ2n) is 10.2. The maximum absolute atomic E-state index is 13.9.